The van der Waals surface area contributed by atoms with Gasteiger partial charge in [-0.15, -0.1) is 0 Å². The molecule has 1 aliphatic heterocycles. The molecule has 4 rings (SSSR count). The van der Waals surface area contributed by atoms with Crippen LogP contribution in [-0.4, -0.2) is 30.0 Å². The Morgan fingerprint density at radius 1 is 0.886 bits per heavy atom. The summed E-state index contributed by atoms with van der Waals surface area (Å²) in [6.07, 6.45) is -1.71. The van der Waals surface area contributed by atoms with Gasteiger partial charge in [-0.25, -0.2) is 0 Å². The summed E-state index contributed by atoms with van der Waals surface area (Å²) in [6.45, 7) is 7.88. The highest BCUT2D eigenvalue weighted by Crippen LogP contribution is 2.39. The summed E-state index contributed by atoms with van der Waals surface area (Å²) in [5, 5.41) is 11.5. The van der Waals surface area contributed by atoms with E-state index in [1.807, 2.05) is 61.5 Å². The number of aliphatic hydroxyl groups is 1. The minimum absolute atomic E-state index is 0.138. The summed E-state index contributed by atoms with van der Waals surface area (Å²) in [5.74, 6) is 0.384. The van der Waals surface area contributed by atoms with Crippen LogP contribution in [0.1, 0.15) is 42.2 Å². The molecule has 0 aliphatic carbocycles. The molecule has 6 atom stereocenters. The molecular weight excluding hydrogens is 504 g/mol. The first-order valence-corrected chi connectivity index (χ1v) is 13.1. The zero-order valence-electron chi connectivity index (χ0n) is 20.6. The Labute approximate surface area is 217 Å². The third kappa shape index (κ3) is 6.60. The second kappa shape index (κ2) is 12.3. The molecule has 1 N–H and O–H groups in total. The molecule has 3 aromatic rings. The number of hydrogen-bond acceptors (Lipinski definition) is 4. The lowest BCUT2D eigenvalue weighted by atomic mass is 9.79. The van der Waals surface area contributed by atoms with E-state index in [1.165, 1.54) is 0 Å². The molecule has 0 amide bonds. The molecule has 1 aliphatic rings. The van der Waals surface area contributed by atoms with Crippen LogP contribution in [0.25, 0.3) is 0 Å². The molecule has 0 saturated carbocycles. The number of aryl methyl sites for hydroxylation is 1. The van der Waals surface area contributed by atoms with Crippen molar-refractivity contribution < 1.29 is 19.3 Å². The van der Waals surface area contributed by atoms with Crippen molar-refractivity contribution >= 4 is 15.9 Å². The Hall–Kier alpha value is -2.02. The van der Waals surface area contributed by atoms with Gasteiger partial charge in [-0.2, -0.15) is 0 Å². The normalized spacial score (nSPS) is 25.3. The molecule has 5 heteroatoms. The van der Waals surface area contributed by atoms with Crippen LogP contribution in [0.5, 0.6) is 0 Å². The molecule has 1 fully saturated rings. The van der Waals surface area contributed by atoms with Crippen molar-refractivity contribution in [2.24, 2.45) is 11.8 Å². The Morgan fingerprint density at radius 3 is 2.14 bits per heavy atom. The maximum absolute atomic E-state index is 11.5. The Bertz CT molecular complexity index is 1060. The van der Waals surface area contributed by atoms with Crippen LogP contribution in [0.2, 0.25) is 0 Å². The molecule has 0 spiro atoms. The lowest BCUT2D eigenvalue weighted by Gasteiger charge is -2.46. The monoisotopic (exact) mass is 538 g/mol. The summed E-state index contributed by atoms with van der Waals surface area (Å²) in [4.78, 5) is 0. The first kappa shape index (κ1) is 26.1. The van der Waals surface area contributed by atoms with Crippen molar-refractivity contribution in [1.82, 2.24) is 0 Å². The maximum atomic E-state index is 11.5. The Kier molecular flexibility index (Phi) is 9.15. The van der Waals surface area contributed by atoms with Crippen molar-refractivity contribution in [2.45, 2.75) is 58.4 Å². The molecule has 0 bridgehead atoms. The topological polar surface area (TPSA) is 47.9 Å². The van der Waals surface area contributed by atoms with Gasteiger partial charge in [0, 0.05) is 4.47 Å². The molecule has 1 saturated heterocycles. The van der Waals surface area contributed by atoms with Crippen LogP contribution >= 0.6 is 15.9 Å². The highest BCUT2D eigenvalue weighted by molar-refractivity contribution is 9.10. The second-order valence-corrected chi connectivity index (χ2v) is 10.5. The standard InChI is InChI=1S/C30H35BrO4/c1-20-16-25(31)14-15-26(20)28(32)30-29(34-18-24-12-8-5-9-13-24)22(3)21(2)27(35-30)19-33-17-23-10-6-4-7-11-23/h4-16,21-22,27-30,32H,17-19H2,1-3H3. The number of ether oxygens (including phenoxy) is 3. The van der Waals surface area contributed by atoms with E-state index < -0.39 is 12.2 Å². The number of halogens is 1. The Morgan fingerprint density at radius 2 is 1.51 bits per heavy atom. The lowest BCUT2D eigenvalue weighted by molar-refractivity contribution is -0.230. The molecule has 186 valence electrons. The average molecular weight is 540 g/mol. The third-order valence-electron chi connectivity index (χ3n) is 7.13. The van der Waals surface area contributed by atoms with Gasteiger partial charge in [0.2, 0.25) is 0 Å². The number of rotatable bonds is 9. The van der Waals surface area contributed by atoms with E-state index in [9.17, 15) is 5.11 Å². The summed E-state index contributed by atoms with van der Waals surface area (Å²) >= 11 is 3.52. The molecule has 0 radical (unpaired) electrons. The first-order valence-electron chi connectivity index (χ1n) is 12.3. The molecule has 0 aromatic heterocycles. The minimum Gasteiger partial charge on any atom is -0.386 e. The molecule has 1 heterocycles. The molecule has 4 nitrogen and oxygen atoms in total. The number of aliphatic hydroxyl groups excluding tert-OH is 1. The van der Waals surface area contributed by atoms with Crippen molar-refractivity contribution in [3.63, 3.8) is 0 Å². The van der Waals surface area contributed by atoms with Crippen LogP contribution in [0.4, 0.5) is 0 Å². The number of hydrogen-bond donors (Lipinski definition) is 1. The first-order chi connectivity index (χ1) is 16.9. The minimum atomic E-state index is -0.810. The highest BCUT2D eigenvalue weighted by Gasteiger charge is 2.45. The molecule has 6 unspecified atom stereocenters. The fraction of sp³-hybridized carbons (Fsp3) is 0.400. The maximum Gasteiger partial charge on any atom is 0.114 e. The molecule has 35 heavy (non-hydrogen) atoms. The smallest absolute Gasteiger partial charge is 0.114 e. The summed E-state index contributed by atoms with van der Waals surface area (Å²) in [7, 11) is 0. The average Bonchev–Trinajstić information content (AvgIpc) is 2.87. The van der Waals surface area contributed by atoms with E-state index in [-0.39, 0.29) is 24.0 Å². The van der Waals surface area contributed by atoms with Crippen LogP contribution in [0.3, 0.4) is 0 Å². The predicted octanol–water partition coefficient (Wildman–Crippen LogP) is 6.63. The van der Waals surface area contributed by atoms with Gasteiger partial charge in [-0.05, 0) is 53.1 Å². The van der Waals surface area contributed by atoms with E-state index in [1.54, 1.807) is 0 Å². The van der Waals surface area contributed by atoms with Gasteiger partial charge in [-0.1, -0.05) is 96.5 Å². The quantitative estimate of drug-likeness (QED) is 0.332. The molecule has 3 aromatic carbocycles. The summed E-state index contributed by atoms with van der Waals surface area (Å²) < 4.78 is 20.1. The van der Waals surface area contributed by atoms with Gasteiger partial charge in [-0.3, -0.25) is 0 Å². The largest absolute Gasteiger partial charge is 0.386 e. The third-order valence-corrected chi connectivity index (χ3v) is 7.62. The number of benzene rings is 3. The SMILES string of the molecule is Cc1cc(Br)ccc1C(O)C1OC(COCc2ccccc2)C(C)C(C)C1OCc1ccccc1. The van der Waals surface area contributed by atoms with Gasteiger partial charge in [0.15, 0.2) is 0 Å². The van der Waals surface area contributed by atoms with Crippen LogP contribution in [-0.2, 0) is 27.4 Å². The summed E-state index contributed by atoms with van der Waals surface area (Å²) in [5.41, 5.74) is 4.11. The van der Waals surface area contributed by atoms with Gasteiger partial charge in [0.1, 0.15) is 12.2 Å². The predicted molar refractivity (Wildman–Crippen MR) is 142 cm³/mol. The van der Waals surface area contributed by atoms with Crippen molar-refractivity contribution in [1.29, 1.82) is 0 Å². The zero-order chi connectivity index (χ0) is 24.8. The van der Waals surface area contributed by atoms with Crippen molar-refractivity contribution in [3.05, 3.63) is 106 Å². The van der Waals surface area contributed by atoms with Crippen molar-refractivity contribution in [2.75, 3.05) is 6.61 Å². The fourth-order valence-corrected chi connectivity index (χ4v) is 5.29. The van der Waals surface area contributed by atoms with Crippen LogP contribution in [0, 0.1) is 18.8 Å². The van der Waals surface area contributed by atoms with E-state index in [2.05, 4.69) is 54.0 Å². The van der Waals surface area contributed by atoms with Gasteiger partial charge < -0.3 is 19.3 Å². The summed E-state index contributed by atoms with van der Waals surface area (Å²) in [6, 6.07) is 26.2. The van der Waals surface area contributed by atoms with E-state index in [4.69, 9.17) is 14.2 Å². The van der Waals surface area contributed by atoms with Crippen molar-refractivity contribution in [3.8, 4) is 0 Å². The highest BCUT2D eigenvalue weighted by atomic mass is 79.9. The fourth-order valence-electron chi connectivity index (χ4n) is 4.81. The van der Waals surface area contributed by atoms with E-state index in [0.717, 1.165) is 26.7 Å². The van der Waals surface area contributed by atoms with Gasteiger partial charge >= 0.3 is 0 Å². The van der Waals surface area contributed by atoms with Crippen LogP contribution < -0.4 is 0 Å². The van der Waals surface area contributed by atoms with Crippen LogP contribution in [0.15, 0.2) is 83.3 Å². The lowest BCUT2D eigenvalue weighted by Crippen LogP contribution is -2.53. The zero-order valence-corrected chi connectivity index (χ0v) is 22.2. The second-order valence-electron chi connectivity index (χ2n) is 9.57. The van der Waals surface area contributed by atoms with Gasteiger partial charge in [0.25, 0.3) is 0 Å². The van der Waals surface area contributed by atoms with Gasteiger partial charge in [0.05, 0.1) is 32.0 Å². The van der Waals surface area contributed by atoms with E-state index >= 15 is 0 Å². The van der Waals surface area contributed by atoms with E-state index in [0.29, 0.717) is 19.8 Å². The Balaban J connectivity index is 1.52. The molecular formula is C30H35BrO4.